The highest BCUT2D eigenvalue weighted by Crippen LogP contribution is 2.22. The van der Waals surface area contributed by atoms with Gasteiger partial charge in [0, 0.05) is 31.8 Å². The summed E-state index contributed by atoms with van der Waals surface area (Å²) >= 11 is 1.75. The van der Waals surface area contributed by atoms with Crippen molar-refractivity contribution in [1.82, 2.24) is 19.7 Å². The van der Waals surface area contributed by atoms with Gasteiger partial charge in [0.25, 0.3) is 0 Å². The molecule has 0 unspecified atom stereocenters. The highest BCUT2D eigenvalue weighted by molar-refractivity contribution is 7.18. The highest BCUT2D eigenvalue weighted by Gasteiger charge is 2.06. The Morgan fingerprint density at radius 1 is 1.04 bits per heavy atom. The molecule has 0 bridgehead atoms. The molecule has 1 amide bonds. The Kier molecular flexibility index (Phi) is 5.44. The summed E-state index contributed by atoms with van der Waals surface area (Å²) in [5.74, 6) is 0.114. The highest BCUT2D eigenvalue weighted by atomic mass is 32.1. The number of nitrogens with one attached hydrogen (secondary N) is 1. The average molecular weight is 379 g/mol. The van der Waals surface area contributed by atoms with Gasteiger partial charge in [0.1, 0.15) is 5.65 Å². The van der Waals surface area contributed by atoms with Crippen LogP contribution in [0.15, 0.2) is 54.9 Å². The number of hydrogen-bond donors (Lipinski definition) is 1. The quantitative estimate of drug-likeness (QED) is 0.471. The van der Waals surface area contributed by atoms with Crippen LogP contribution in [0.5, 0.6) is 0 Å². The fraction of sp³-hybridized carbons (Fsp3) is 0.286. The molecule has 0 fully saturated rings. The van der Waals surface area contributed by atoms with Gasteiger partial charge in [-0.25, -0.2) is 9.97 Å². The number of thiazole rings is 1. The minimum absolute atomic E-state index is 0.114. The van der Waals surface area contributed by atoms with Crippen LogP contribution in [0.4, 0.5) is 0 Å². The molecule has 0 saturated heterocycles. The monoisotopic (exact) mass is 378 g/mol. The zero-order chi connectivity index (χ0) is 18.5. The molecule has 0 spiro atoms. The Labute approximate surface area is 162 Å². The van der Waals surface area contributed by atoms with Crippen LogP contribution in [0.1, 0.15) is 30.0 Å². The third kappa shape index (κ3) is 4.52. The number of hydrogen-bond acceptors (Lipinski definition) is 4. The van der Waals surface area contributed by atoms with E-state index in [4.69, 9.17) is 0 Å². The van der Waals surface area contributed by atoms with E-state index < -0.39 is 0 Å². The molecule has 0 radical (unpaired) electrons. The first-order valence-corrected chi connectivity index (χ1v) is 10.1. The van der Waals surface area contributed by atoms with Crippen LogP contribution < -0.4 is 5.32 Å². The number of carbonyl (C=O) groups is 1. The van der Waals surface area contributed by atoms with E-state index in [1.807, 2.05) is 53.2 Å². The topological polar surface area (TPSA) is 59.3 Å². The van der Waals surface area contributed by atoms with E-state index in [-0.39, 0.29) is 5.91 Å². The van der Waals surface area contributed by atoms with Crippen LogP contribution in [-0.2, 0) is 17.6 Å². The molecule has 3 aromatic heterocycles. The van der Waals surface area contributed by atoms with E-state index in [1.54, 1.807) is 11.3 Å². The van der Waals surface area contributed by atoms with E-state index in [0.717, 1.165) is 47.5 Å². The molecule has 0 atom stereocenters. The maximum Gasteiger partial charge on any atom is 0.220 e. The van der Waals surface area contributed by atoms with Gasteiger partial charge >= 0.3 is 0 Å². The average Bonchev–Trinajstić information content (AvgIpc) is 3.28. The Morgan fingerprint density at radius 2 is 1.93 bits per heavy atom. The summed E-state index contributed by atoms with van der Waals surface area (Å²) in [6.07, 6.45) is 8.12. The first-order valence-electron chi connectivity index (χ1n) is 9.32. The Balaban J connectivity index is 1.15. The van der Waals surface area contributed by atoms with Crippen LogP contribution in [0, 0.1) is 0 Å². The summed E-state index contributed by atoms with van der Waals surface area (Å²) < 4.78 is 3.23. The second-order valence-electron chi connectivity index (χ2n) is 6.58. The first kappa shape index (κ1) is 17.7. The summed E-state index contributed by atoms with van der Waals surface area (Å²) in [7, 11) is 0. The Hall–Kier alpha value is -2.73. The molecule has 0 saturated carbocycles. The minimum Gasteiger partial charge on any atom is -0.356 e. The molecule has 1 aromatic carbocycles. The van der Waals surface area contributed by atoms with Gasteiger partial charge in [-0.15, -0.1) is 11.3 Å². The molecule has 0 aliphatic heterocycles. The van der Waals surface area contributed by atoms with Gasteiger partial charge < -0.3 is 9.72 Å². The predicted octanol–water partition coefficient (Wildman–Crippen LogP) is 4.02. The number of benzene rings is 1. The Morgan fingerprint density at radius 3 is 2.81 bits per heavy atom. The van der Waals surface area contributed by atoms with Crippen LogP contribution in [0.25, 0.3) is 15.9 Å². The molecule has 6 heteroatoms. The Bertz CT molecular complexity index is 986. The van der Waals surface area contributed by atoms with Gasteiger partial charge in [-0.05, 0) is 43.5 Å². The standard InChI is InChI=1S/C21H22N4OS/c26-20(22-13-12-16-15-25-14-6-5-9-19(25)23-16)10-3-4-11-21-24-17-7-1-2-8-18(17)27-21/h1-2,5-9,14-15H,3-4,10-13H2,(H,22,26). The third-order valence-corrected chi connectivity index (χ3v) is 5.60. The van der Waals surface area contributed by atoms with Crippen molar-refractivity contribution in [2.24, 2.45) is 0 Å². The first-order chi connectivity index (χ1) is 13.3. The molecule has 27 heavy (non-hydrogen) atoms. The number of pyridine rings is 1. The molecule has 3 heterocycles. The lowest BCUT2D eigenvalue weighted by atomic mass is 10.2. The number of imidazole rings is 1. The van der Waals surface area contributed by atoms with Crippen LogP contribution in [0.3, 0.4) is 0 Å². The van der Waals surface area contributed by atoms with Crippen molar-refractivity contribution < 1.29 is 4.79 Å². The minimum atomic E-state index is 0.114. The van der Waals surface area contributed by atoms with E-state index in [9.17, 15) is 4.79 Å². The van der Waals surface area contributed by atoms with Crippen molar-refractivity contribution in [1.29, 1.82) is 0 Å². The maximum atomic E-state index is 12.0. The van der Waals surface area contributed by atoms with Crippen molar-refractivity contribution in [3.8, 4) is 0 Å². The molecule has 5 nitrogen and oxygen atoms in total. The van der Waals surface area contributed by atoms with Crippen molar-refractivity contribution in [2.75, 3.05) is 6.54 Å². The van der Waals surface area contributed by atoms with Gasteiger partial charge in [0.2, 0.25) is 5.91 Å². The largest absolute Gasteiger partial charge is 0.356 e. The normalized spacial score (nSPS) is 11.3. The van der Waals surface area contributed by atoms with Crippen LogP contribution in [-0.4, -0.2) is 26.8 Å². The van der Waals surface area contributed by atoms with Crippen molar-refractivity contribution in [3.05, 3.63) is 65.6 Å². The maximum absolute atomic E-state index is 12.0. The summed E-state index contributed by atoms with van der Waals surface area (Å²) in [5.41, 5.74) is 3.01. The van der Waals surface area contributed by atoms with Gasteiger partial charge in [-0.2, -0.15) is 0 Å². The van der Waals surface area contributed by atoms with Crippen LogP contribution in [0.2, 0.25) is 0 Å². The number of nitrogens with zero attached hydrogens (tertiary/aromatic N) is 3. The van der Waals surface area contributed by atoms with E-state index in [1.165, 1.54) is 4.70 Å². The van der Waals surface area contributed by atoms with Crippen molar-refractivity contribution in [2.45, 2.75) is 32.1 Å². The van der Waals surface area contributed by atoms with Gasteiger partial charge in [-0.1, -0.05) is 18.2 Å². The lowest BCUT2D eigenvalue weighted by molar-refractivity contribution is -0.121. The summed E-state index contributed by atoms with van der Waals surface area (Å²) in [6.45, 7) is 0.626. The number of carbonyl (C=O) groups excluding carboxylic acids is 1. The zero-order valence-electron chi connectivity index (χ0n) is 15.1. The van der Waals surface area contributed by atoms with E-state index in [0.29, 0.717) is 13.0 Å². The summed E-state index contributed by atoms with van der Waals surface area (Å²) in [6, 6.07) is 14.1. The second kappa shape index (κ2) is 8.31. The molecule has 0 aliphatic carbocycles. The molecule has 0 aliphatic rings. The number of aromatic nitrogens is 3. The van der Waals surface area contributed by atoms with Crippen molar-refractivity contribution in [3.63, 3.8) is 0 Å². The molecule has 138 valence electrons. The van der Waals surface area contributed by atoms with Gasteiger partial charge in [0.05, 0.1) is 20.9 Å². The second-order valence-corrected chi connectivity index (χ2v) is 7.70. The van der Waals surface area contributed by atoms with Crippen molar-refractivity contribution >= 4 is 33.1 Å². The van der Waals surface area contributed by atoms with Gasteiger partial charge in [0.15, 0.2) is 0 Å². The number of fused-ring (bicyclic) bond motifs is 2. The zero-order valence-corrected chi connectivity index (χ0v) is 15.9. The summed E-state index contributed by atoms with van der Waals surface area (Å²) in [4.78, 5) is 21.2. The molecular formula is C21H22N4OS. The number of unbranched alkanes of at least 4 members (excludes halogenated alkanes) is 1. The number of para-hydroxylation sites is 1. The summed E-state index contributed by atoms with van der Waals surface area (Å²) in [5, 5.41) is 4.15. The number of aryl methyl sites for hydroxylation is 1. The fourth-order valence-corrected chi connectivity index (χ4v) is 4.12. The van der Waals surface area contributed by atoms with Crippen LogP contribution >= 0.6 is 11.3 Å². The third-order valence-electron chi connectivity index (χ3n) is 4.50. The number of rotatable bonds is 8. The van der Waals surface area contributed by atoms with Gasteiger partial charge in [-0.3, -0.25) is 4.79 Å². The van der Waals surface area contributed by atoms with E-state index in [2.05, 4.69) is 21.4 Å². The molecule has 4 aromatic rings. The smallest absolute Gasteiger partial charge is 0.220 e. The lowest BCUT2D eigenvalue weighted by Gasteiger charge is -2.03. The molecule has 1 N–H and O–H groups in total. The molecular weight excluding hydrogens is 356 g/mol. The SMILES string of the molecule is O=C(CCCCc1nc2ccccc2s1)NCCc1cn2ccccc2n1. The fourth-order valence-electron chi connectivity index (χ4n) is 3.11. The lowest BCUT2D eigenvalue weighted by Crippen LogP contribution is -2.25. The van der Waals surface area contributed by atoms with E-state index >= 15 is 0 Å². The predicted molar refractivity (Wildman–Crippen MR) is 109 cm³/mol. The molecule has 4 rings (SSSR count). The number of amides is 1.